The molecule has 0 saturated carbocycles. The average molecular weight is 205 g/mol. The predicted octanol–water partition coefficient (Wildman–Crippen LogP) is 2.29. The molecule has 1 aliphatic carbocycles. The summed E-state index contributed by atoms with van der Waals surface area (Å²) in [6.45, 7) is 4.47. The highest BCUT2D eigenvalue weighted by Crippen LogP contribution is 2.34. The molecule has 0 bridgehead atoms. The maximum atomic E-state index is 10.8. The number of carboxylic acid groups (broad SMARTS) is 1. The molecule has 0 spiro atoms. The fourth-order valence-corrected chi connectivity index (χ4v) is 2.11. The van der Waals surface area contributed by atoms with E-state index in [1.165, 1.54) is 5.56 Å². The van der Waals surface area contributed by atoms with Crippen molar-refractivity contribution in [1.82, 2.24) is 4.98 Å². The van der Waals surface area contributed by atoms with Crippen LogP contribution in [0.1, 0.15) is 41.9 Å². The van der Waals surface area contributed by atoms with Gasteiger partial charge in [-0.1, -0.05) is 13.8 Å². The predicted molar refractivity (Wildman–Crippen MR) is 57.0 cm³/mol. The fraction of sp³-hybridized carbons (Fsp3) is 0.500. The van der Waals surface area contributed by atoms with Crippen LogP contribution in [0.15, 0.2) is 12.3 Å². The first kappa shape index (κ1) is 10.1. The Balaban J connectivity index is 2.36. The van der Waals surface area contributed by atoms with Gasteiger partial charge >= 0.3 is 5.97 Å². The first-order valence-corrected chi connectivity index (χ1v) is 5.19. The number of carbonyl (C=O) groups is 1. The van der Waals surface area contributed by atoms with Crippen LogP contribution in [-0.2, 0) is 12.8 Å². The highest BCUT2D eigenvalue weighted by atomic mass is 16.4. The number of aryl methyl sites for hydroxylation is 1. The lowest BCUT2D eigenvalue weighted by Gasteiger charge is -2.30. The first-order chi connectivity index (χ1) is 6.98. The molecule has 1 aromatic heterocycles. The van der Waals surface area contributed by atoms with Crippen LogP contribution < -0.4 is 0 Å². The number of carboxylic acids is 1. The van der Waals surface area contributed by atoms with E-state index in [9.17, 15) is 4.79 Å². The van der Waals surface area contributed by atoms with Gasteiger partial charge in [-0.2, -0.15) is 0 Å². The number of nitrogens with zero attached hydrogens (tertiary/aromatic N) is 1. The van der Waals surface area contributed by atoms with Gasteiger partial charge < -0.3 is 5.11 Å². The zero-order valence-electron chi connectivity index (χ0n) is 9.08. The summed E-state index contributed by atoms with van der Waals surface area (Å²) < 4.78 is 0. The van der Waals surface area contributed by atoms with E-state index in [0.29, 0.717) is 5.41 Å². The maximum Gasteiger partial charge on any atom is 0.354 e. The summed E-state index contributed by atoms with van der Waals surface area (Å²) in [6, 6.07) is 1.72. The van der Waals surface area contributed by atoms with E-state index in [1.54, 1.807) is 12.3 Å². The summed E-state index contributed by atoms with van der Waals surface area (Å²) in [4.78, 5) is 14.7. The second-order valence-electron chi connectivity index (χ2n) is 4.98. The smallest absolute Gasteiger partial charge is 0.354 e. The van der Waals surface area contributed by atoms with Crippen molar-refractivity contribution in [3.63, 3.8) is 0 Å². The molecular weight excluding hydrogens is 190 g/mol. The molecule has 0 atom stereocenters. The Morgan fingerprint density at radius 1 is 1.47 bits per heavy atom. The van der Waals surface area contributed by atoms with Gasteiger partial charge in [0.2, 0.25) is 0 Å². The van der Waals surface area contributed by atoms with Crippen LogP contribution >= 0.6 is 0 Å². The number of fused-ring (bicyclic) bond motifs is 1. The average Bonchev–Trinajstić information content (AvgIpc) is 2.15. The number of aromatic nitrogens is 1. The van der Waals surface area contributed by atoms with Crippen LogP contribution in [0.5, 0.6) is 0 Å². The molecule has 15 heavy (non-hydrogen) atoms. The number of hydrogen-bond acceptors (Lipinski definition) is 2. The van der Waals surface area contributed by atoms with E-state index in [4.69, 9.17) is 5.11 Å². The molecule has 80 valence electrons. The van der Waals surface area contributed by atoms with Crippen LogP contribution in [0.2, 0.25) is 0 Å². The summed E-state index contributed by atoms with van der Waals surface area (Å²) >= 11 is 0. The normalized spacial score (nSPS) is 18.3. The number of aromatic carboxylic acids is 1. The molecular formula is C12H15NO2. The zero-order chi connectivity index (χ0) is 11.1. The molecule has 3 heteroatoms. The molecule has 0 radical (unpaired) electrons. The van der Waals surface area contributed by atoms with Gasteiger partial charge in [0.25, 0.3) is 0 Å². The molecule has 0 saturated heterocycles. The van der Waals surface area contributed by atoms with E-state index < -0.39 is 5.97 Å². The van der Waals surface area contributed by atoms with Gasteiger partial charge in [0.15, 0.2) is 0 Å². The highest BCUT2D eigenvalue weighted by Gasteiger charge is 2.25. The first-order valence-electron chi connectivity index (χ1n) is 5.19. The molecule has 1 aliphatic rings. The zero-order valence-corrected chi connectivity index (χ0v) is 9.08. The minimum absolute atomic E-state index is 0.161. The van der Waals surface area contributed by atoms with Crippen LogP contribution in [0.25, 0.3) is 0 Å². The lowest BCUT2D eigenvalue weighted by molar-refractivity contribution is 0.0690. The Hall–Kier alpha value is -1.38. The Labute approximate surface area is 89.2 Å². The van der Waals surface area contributed by atoms with Gasteiger partial charge in [0, 0.05) is 6.20 Å². The van der Waals surface area contributed by atoms with Gasteiger partial charge in [0.1, 0.15) is 5.69 Å². The van der Waals surface area contributed by atoms with E-state index >= 15 is 0 Å². The summed E-state index contributed by atoms with van der Waals surface area (Å²) in [5.41, 5.74) is 2.84. The summed E-state index contributed by atoms with van der Waals surface area (Å²) in [5, 5.41) is 8.83. The minimum atomic E-state index is -0.942. The molecule has 0 unspecified atom stereocenters. The van der Waals surface area contributed by atoms with Crippen molar-refractivity contribution in [3.05, 3.63) is 29.1 Å². The van der Waals surface area contributed by atoms with Gasteiger partial charge in [-0.3, -0.25) is 0 Å². The molecule has 0 aliphatic heterocycles. The molecule has 2 rings (SSSR count). The van der Waals surface area contributed by atoms with Gasteiger partial charge in [0.05, 0.1) is 0 Å². The van der Waals surface area contributed by atoms with Crippen LogP contribution in [0, 0.1) is 5.41 Å². The molecule has 1 N–H and O–H groups in total. The second kappa shape index (κ2) is 3.33. The quantitative estimate of drug-likeness (QED) is 0.765. The minimum Gasteiger partial charge on any atom is -0.477 e. The Bertz CT molecular complexity index is 410. The van der Waals surface area contributed by atoms with Crippen molar-refractivity contribution in [3.8, 4) is 0 Å². The van der Waals surface area contributed by atoms with E-state index in [-0.39, 0.29) is 5.69 Å². The van der Waals surface area contributed by atoms with Gasteiger partial charge in [-0.05, 0) is 41.9 Å². The molecule has 3 nitrogen and oxygen atoms in total. The van der Waals surface area contributed by atoms with Crippen molar-refractivity contribution < 1.29 is 9.90 Å². The maximum absolute atomic E-state index is 10.8. The second-order valence-corrected chi connectivity index (χ2v) is 4.98. The third kappa shape index (κ3) is 2.01. The standard InChI is InChI=1S/C12H15NO2/c1-12(2)4-3-8-5-10(11(14)15)13-7-9(8)6-12/h5,7H,3-4,6H2,1-2H3,(H,14,15). The van der Waals surface area contributed by atoms with E-state index in [2.05, 4.69) is 18.8 Å². The third-order valence-corrected chi connectivity index (χ3v) is 3.04. The van der Waals surface area contributed by atoms with E-state index in [1.807, 2.05) is 0 Å². The molecule has 1 aromatic rings. The Kier molecular flexibility index (Phi) is 2.25. The van der Waals surface area contributed by atoms with Crippen LogP contribution in [0.4, 0.5) is 0 Å². The lowest BCUT2D eigenvalue weighted by atomic mass is 9.75. The molecule has 0 amide bonds. The van der Waals surface area contributed by atoms with Gasteiger partial charge in [-0.15, -0.1) is 0 Å². The summed E-state index contributed by atoms with van der Waals surface area (Å²) in [5.74, 6) is -0.942. The molecule has 0 fully saturated rings. The van der Waals surface area contributed by atoms with Crippen molar-refractivity contribution in [2.45, 2.75) is 33.1 Å². The Morgan fingerprint density at radius 2 is 2.20 bits per heavy atom. The topological polar surface area (TPSA) is 50.2 Å². The SMILES string of the molecule is CC1(C)CCc2cc(C(=O)O)ncc2C1. The largest absolute Gasteiger partial charge is 0.477 e. The van der Waals surface area contributed by atoms with Crippen LogP contribution in [-0.4, -0.2) is 16.1 Å². The van der Waals surface area contributed by atoms with Crippen molar-refractivity contribution in [1.29, 1.82) is 0 Å². The fourth-order valence-electron chi connectivity index (χ4n) is 2.11. The number of rotatable bonds is 1. The van der Waals surface area contributed by atoms with Gasteiger partial charge in [-0.25, -0.2) is 9.78 Å². The monoisotopic (exact) mass is 205 g/mol. The summed E-state index contributed by atoms with van der Waals surface area (Å²) in [6.07, 6.45) is 4.79. The molecule has 0 aromatic carbocycles. The van der Waals surface area contributed by atoms with E-state index in [0.717, 1.165) is 24.8 Å². The third-order valence-electron chi connectivity index (χ3n) is 3.04. The van der Waals surface area contributed by atoms with Crippen molar-refractivity contribution in [2.75, 3.05) is 0 Å². The molecule has 1 heterocycles. The summed E-state index contributed by atoms with van der Waals surface area (Å²) in [7, 11) is 0. The Morgan fingerprint density at radius 3 is 2.87 bits per heavy atom. The number of pyridine rings is 1. The lowest BCUT2D eigenvalue weighted by Crippen LogP contribution is -2.22. The van der Waals surface area contributed by atoms with Crippen molar-refractivity contribution in [2.24, 2.45) is 5.41 Å². The number of hydrogen-bond donors (Lipinski definition) is 1. The van der Waals surface area contributed by atoms with Crippen molar-refractivity contribution >= 4 is 5.97 Å². The highest BCUT2D eigenvalue weighted by molar-refractivity contribution is 5.85. The van der Waals surface area contributed by atoms with Crippen LogP contribution in [0.3, 0.4) is 0 Å².